The molecule has 0 aliphatic carbocycles. The van der Waals surface area contributed by atoms with Gasteiger partial charge in [-0.3, -0.25) is 4.79 Å². The highest BCUT2D eigenvalue weighted by molar-refractivity contribution is 7.91. The van der Waals surface area contributed by atoms with Gasteiger partial charge in [0.15, 0.2) is 15.0 Å². The number of hydrogen-bond acceptors (Lipinski definition) is 5. The van der Waals surface area contributed by atoms with Crippen LogP contribution in [-0.2, 0) is 14.6 Å². The highest BCUT2D eigenvalue weighted by atomic mass is 32.2. The summed E-state index contributed by atoms with van der Waals surface area (Å²) in [5.74, 6) is -0.586. The van der Waals surface area contributed by atoms with Crippen molar-refractivity contribution in [3.8, 4) is 0 Å². The SMILES string of the molecule is O=C(Nc1nccs1)[C@H]1CCS(=O)(=O)C1. The minimum absolute atomic E-state index is 0.0375. The summed E-state index contributed by atoms with van der Waals surface area (Å²) in [6.45, 7) is 0. The molecule has 1 aromatic heterocycles. The molecule has 5 nitrogen and oxygen atoms in total. The summed E-state index contributed by atoms with van der Waals surface area (Å²) in [5.41, 5.74) is 0. The van der Waals surface area contributed by atoms with E-state index in [1.54, 1.807) is 11.6 Å². The topological polar surface area (TPSA) is 76.1 Å². The van der Waals surface area contributed by atoms with E-state index in [0.717, 1.165) is 0 Å². The molecule has 0 bridgehead atoms. The molecule has 1 saturated heterocycles. The average Bonchev–Trinajstić information content (AvgIpc) is 2.74. The van der Waals surface area contributed by atoms with E-state index in [1.165, 1.54) is 11.3 Å². The highest BCUT2D eigenvalue weighted by Gasteiger charge is 2.33. The molecule has 0 saturated carbocycles. The molecule has 0 unspecified atom stereocenters. The molecular weight excluding hydrogens is 236 g/mol. The van der Waals surface area contributed by atoms with Gasteiger partial charge in [-0.15, -0.1) is 11.3 Å². The first-order chi connectivity index (χ1) is 7.07. The predicted molar refractivity (Wildman–Crippen MR) is 57.5 cm³/mol. The summed E-state index contributed by atoms with van der Waals surface area (Å²) in [6.07, 6.45) is 2.01. The highest BCUT2D eigenvalue weighted by Crippen LogP contribution is 2.20. The Morgan fingerprint density at radius 2 is 2.40 bits per heavy atom. The number of rotatable bonds is 2. The van der Waals surface area contributed by atoms with Gasteiger partial charge in [-0.25, -0.2) is 13.4 Å². The molecule has 15 heavy (non-hydrogen) atoms. The molecule has 1 aliphatic heterocycles. The van der Waals surface area contributed by atoms with Crippen molar-refractivity contribution < 1.29 is 13.2 Å². The Hall–Kier alpha value is -0.950. The molecule has 2 heterocycles. The van der Waals surface area contributed by atoms with Gasteiger partial charge in [0.2, 0.25) is 5.91 Å². The summed E-state index contributed by atoms with van der Waals surface area (Å²) in [4.78, 5) is 15.5. The van der Waals surface area contributed by atoms with Crippen LogP contribution in [0.5, 0.6) is 0 Å². The fraction of sp³-hybridized carbons (Fsp3) is 0.500. The molecule has 1 N–H and O–H groups in total. The van der Waals surface area contributed by atoms with Crippen LogP contribution >= 0.6 is 11.3 Å². The predicted octanol–water partition coefficient (Wildman–Crippen LogP) is 0.516. The maximum Gasteiger partial charge on any atom is 0.230 e. The van der Waals surface area contributed by atoms with E-state index in [-0.39, 0.29) is 17.4 Å². The van der Waals surface area contributed by atoms with E-state index in [0.29, 0.717) is 11.6 Å². The first kappa shape index (κ1) is 10.6. The Balaban J connectivity index is 1.99. The summed E-state index contributed by atoms with van der Waals surface area (Å²) in [7, 11) is -3.00. The first-order valence-electron chi connectivity index (χ1n) is 4.47. The normalized spacial score (nSPS) is 23.9. The van der Waals surface area contributed by atoms with Gasteiger partial charge in [-0.05, 0) is 6.42 Å². The van der Waals surface area contributed by atoms with Crippen molar-refractivity contribution in [3.63, 3.8) is 0 Å². The van der Waals surface area contributed by atoms with Crippen LogP contribution in [0.25, 0.3) is 0 Å². The van der Waals surface area contributed by atoms with Crippen LogP contribution in [0.15, 0.2) is 11.6 Å². The minimum Gasteiger partial charge on any atom is -0.302 e. The molecule has 2 rings (SSSR count). The quantitative estimate of drug-likeness (QED) is 0.825. The van der Waals surface area contributed by atoms with Crippen LogP contribution in [0.1, 0.15) is 6.42 Å². The standard InChI is InChI=1S/C8H10N2O3S2/c11-7(10-8-9-2-3-14-8)6-1-4-15(12,13)5-6/h2-3,6H,1,4-5H2,(H,9,10,11)/t6-/m0/s1. The van der Waals surface area contributed by atoms with Gasteiger partial charge in [0.25, 0.3) is 0 Å². The lowest BCUT2D eigenvalue weighted by atomic mass is 10.1. The summed E-state index contributed by atoms with van der Waals surface area (Å²) >= 11 is 1.32. The molecular formula is C8H10N2O3S2. The summed E-state index contributed by atoms with van der Waals surface area (Å²) in [6, 6.07) is 0. The van der Waals surface area contributed by atoms with Crippen molar-refractivity contribution >= 4 is 32.2 Å². The zero-order chi connectivity index (χ0) is 10.9. The van der Waals surface area contributed by atoms with E-state index in [2.05, 4.69) is 10.3 Å². The van der Waals surface area contributed by atoms with Crippen LogP contribution in [0.4, 0.5) is 5.13 Å². The molecule has 0 radical (unpaired) electrons. The van der Waals surface area contributed by atoms with Crippen LogP contribution in [0.3, 0.4) is 0 Å². The van der Waals surface area contributed by atoms with E-state index in [1.807, 2.05) is 0 Å². The third-order valence-electron chi connectivity index (χ3n) is 2.27. The Morgan fingerprint density at radius 1 is 1.60 bits per heavy atom. The second kappa shape index (κ2) is 3.90. The van der Waals surface area contributed by atoms with Gasteiger partial charge in [-0.1, -0.05) is 0 Å². The molecule has 7 heteroatoms. The van der Waals surface area contributed by atoms with E-state index in [9.17, 15) is 13.2 Å². The van der Waals surface area contributed by atoms with Gasteiger partial charge >= 0.3 is 0 Å². The zero-order valence-electron chi connectivity index (χ0n) is 7.84. The van der Waals surface area contributed by atoms with Crippen molar-refractivity contribution in [3.05, 3.63) is 11.6 Å². The van der Waals surface area contributed by atoms with Gasteiger partial charge < -0.3 is 5.32 Å². The second-order valence-electron chi connectivity index (χ2n) is 3.43. The number of aromatic nitrogens is 1. The van der Waals surface area contributed by atoms with Gasteiger partial charge in [0.1, 0.15) is 0 Å². The fourth-order valence-corrected chi connectivity index (χ4v) is 3.77. The summed E-state index contributed by atoms with van der Waals surface area (Å²) in [5, 5.41) is 4.87. The Morgan fingerprint density at radius 3 is 2.93 bits per heavy atom. The number of nitrogens with one attached hydrogen (secondary N) is 1. The second-order valence-corrected chi connectivity index (χ2v) is 6.55. The first-order valence-corrected chi connectivity index (χ1v) is 7.18. The maximum atomic E-state index is 11.6. The minimum atomic E-state index is -3.00. The van der Waals surface area contributed by atoms with Gasteiger partial charge in [0.05, 0.1) is 17.4 Å². The van der Waals surface area contributed by atoms with Crippen molar-refractivity contribution in [2.75, 3.05) is 16.8 Å². The van der Waals surface area contributed by atoms with Crippen LogP contribution in [0, 0.1) is 5.92 Å². The van der Waals surface area contributed by atoms with Gasteiger partial charge in [-0.2, -0.15) is 0 Å². The van der Waals surface area contributed by atoms with Crippen molar-refractivity contribution in [1.82, 2.24) is 4.98 Å². The molecule has 82 valence electrons. The number of sulfone groups is 1. The Labute approximate surface area is 91.4 Å². The maximum absolute atomic E-state index is 11.6. The number of nitrogens with zero attached hydrogens (tertiary/aromatic N) is 1. The smallest absolute Gasteiger partial charge is 0.230 e. The van der Waals surface area contributed by atoms with Crippen molar-refractivity contribution in [2.45, 2.75) is 6.42 Å². The number of amides is 1. The van der Waals surface area contributed by atoms with E-state index < -0.39 is 15.8 Å². The van der Waals surface area contributed by atoms with E-state index in [4.69, 9.17) is 0 Å². The fourth-order valence-electron chi connectivity index (χ4n) is 1.49. The Kier molecular flexibility index (Phi) is 2.74. The van der Waals surface area contributed by atoms with E-state index >= 15 is 0 Å². The molecule has 1 amide bonds. The summed E-state index contributed by atoms with van der Waals surface area (Å²) < 4.78 is 22.3. The molecule has 1 aliphatic rings. The van der Waals surface area contributed by atoms with Crippen LogP contribution in [0.2, 0.25) is 0 Å². The number of carbonyl (C=O) groups is 1. The molecule has 1 fully saturated rings. The van der Waals surface area contributed by atoms with Crippen LogP contribution in [-0.4, -0.2) is 30.8 Å². The number of hydrogen-bond donors (Lipinski definition) is 1. The molecule has 1 atom stereocenters. The third-order valence-corrected chi connectivity index (χ3v) is 4.72. The van der Waals surface area contributed by atoms with Gasteiger partial charge in [0, 0.05) is 11.6 Å². The lowest BCUT2D eigenvalue weighted by Crippen LogP contribution is -2.23. The monoisotopic (exact) mass is 246 g/mol. The van der Waals surface area contributed by atoms with Crippen molar-refractivity contribution in [2.24, 2.45) is 5.92 Å². The lowest BCUT2D eigenvalue weighted by molar-refractivity contribution is -0.119. The largest absolute Gasteiger partial charge is 0.302 e. The Bertz CT molecular complexity index is 452. The molecule has 1 aromatic rings. The number of anilines is 1. The van der Waals surface area contributed by atoms with Crippen molar-refractivity contribution in [1.29, 1.82) is 0 Å². The van der Waals surface area contributed by atoms with Crippen LogP contribution < -0.4 is 5.32 Å². The lowest BCUT2D eigenvalue weighted by Gasteiger charge is -2.05. The number of thiazole rings is 1. The average molecular weight is 246 g/mol. The number of carbonyl (C=O) groups excluding carboxylic acids is 1. The molecule has 0 spiro atoms. The zero-order valence-corrected chi connectivity index (χ0v) is 9.47. The molecule has 0 aromatic carbocycles. The third kappa shape index (κ3) is 2.54.